The second kappa shape index (κ2) is 4.50. The Labute approximate surface area is 104 Å². The highest BCUT2D eigenvalue weighted by Gasteiger charge is 2.31. The third kappa shape index (κ3) is 1.85. The van der Waals surface area contributed by atoms with Gasteiger partial charge in [0.25, 0.3) is 0 Å². The highest BCUT2D eigenvalue weighted by atomic mass is 32.1. The van der Waals surface area contributed by atoms with Crippen molar-refractivity contribution in [2.45, 2.75) is 24.8 Å². The molecule has 1 aliphatic rings. The van der Waals surface area contributed by atoms with E-state index in [0.717, 1.165) is 12.8 Å². The minimum atomic E-state index is 0.283. The molecule has 3 rings (SSSR count). The van der Waals surface area contributed by atoms with Crippen molar-refractivity contribution in [3.8, 4) is 0 Å². The summed E-state index contributed by atoms with van der Waals surface area (Å²) in [6.07, 6.45) is 6.01. The lowest BCUT2D eigenvalue weighted by molar-refractivity contribution is 0.476. The van der Waals surface area contributed by atoms with Gasteiger partial charge in [0.2, 0.25) is 0 Å². The summed E-state index contributed by atoms with van der Waals surface area (Å²) in [6.45, 7) is 0. The lowest BCUT2D eigenvalue weighted by atomic mass is 9.96. The van der Waals surface area contributed by atoms with Crippen LogP contribution in [0.4, 0.5) is 0 Å². The van der Waals surface area contributed by atoms with Gasteiger partial charge in [-0.25, -0.2) is 0 Å². The predicted octanol–water partition coefficient (Wildman–Crippen LogP) is 1.92. The highest BCUT2D eigenvalue weighted by Crippen LogP contribution is 2.40. The molecule has 2 unspecified atom stereocenters. The van der Waals surface area contributed by atoms with Crippen LogP contribution in [0.25, 0.3) is 0 Å². The van der Waals surface area contributed by atoms with Crippen LogP contribution in [-0.2, 0) is 6.42 Å². The Balaban J connectivity index is 1.95. The van der Waals surface area contributed by atoms with Crippen LogP contribution < -0.4 is 5.32 Å². The minimum absolute atomic E-state index is 0.283. The molecule has 0 saturated carbocycles. The van der Waals surface area contributed by atoms with E-state index in [4.69, 9.17) is 0 Å². The van der Waals surface area contributed by atoms with Crippen molar-refractivity contribution < 1.29 is 0 Å². The molecule has 2 aromatic heterocycles. The molecule has 2 heterocycles. The van der Waals surface area contributed by atoms with E-state index in [1.807, 2.05) is 25.5 Å². The Morgan fingerprint density at radius 1 is 1.53 bits per heavy atom. The lowest BCUT2D eigenvalue weighted by Crippen LogP contribution is -2.22. The van der Waals surface area contributed by atoms with Crippen molar-refractivity contribution in [3.05, 3.63) is 40.7 Å². The zero-order valence-electron chi connectivity index (χ0n) is 9.63. The quantitative estimate of drug-likeness (QED) is 0.899. The summed E-state index contributed by atoms with van der Waals surface area (Å²) < 4.78 is 3.95. The fourth-order valence-electron chi connectivity index (χ4n) is 2.62. The van der Waals surface area contributed by atoms with Crippen molar-refractivity contribution >= 4 is 11.5 Å². The molecule has 5 heteroatoms. The largest absolute Gasteiger partial charge is 0.312 e. The fraction of sp³-hybridized carbons (Fsp3) is 0.417. The molecule has 0 amide bonds. The lowest BCUT2D eigenvalue weighted by Gasteiger charge is -2.21. The van der Waals surface area contributed by atoms with E-state index in [0.29, 0.717) is 5.92 Å². The first-order chi connectivity index (χ1) is 8.40. The zero-order chi connectivity index (χ0) is 11.7. The van der Waals surface area contributed by atoms with Gasteiger partial charge < -0.3 is 5.32 Å². The number of aromatic nitrogens is 3. The molecule has 0 aromatic carbocycles. The summed E-state index contributed by atoms with van der Waals surface area (Å²) in [5, 5.41) is 7.30. The standard InChI is InChI=1S/C12H14N4S/c1-13-12(10-7-15-16-17-10)9-5-4-8-3-2-6-14-11(8)9/h2-3,6-7,9,12-13H,4-5H2,1H3. The van der Waals surface area contributed by atoms with Crippen LogP contribution in [0.5, 0.6) is 0 Å². The average Bonchev–Trinajstić information content (AvgIpc) is 3.01. The summed E-state index contributed by atoms with van der Waals surface area (Å²) in [6, 6.07) is 4.48. The number of rotatable bonds is 3. The molecule has 1 aliphatic carbocycles. The van der Waals surface area contributed by atoms with Crippen LogP contribution in [0, 0.1) is 0 Å². The Morgan fingerprint density at radius 2 is 2.47 bits per heavy atom. The third-order valence-corrected chi connectivity index (χ3v) is 4.15. The molecule has 0 bridgehead atoms. The summed E-state index contributed by atoms with van der Waals surface area (Å²) in [5.74, 6) is 0.443. The van der Waals surface area contributed by atoms with Gasteiger partial charge in [-0.2, -0.15) is 0 Å². The van der Waals surface area contributed by atoms with E-state index in [-0.39, 0.29) is 6.04 Å². The number of pyridine rings is 1. The number of nitrogens with one attached hydrogen (secondary N) is 1. The molecule has 1 N–H and O–H groups in total. The molecule has 0 spiro atoms. The van der Waals surface area contributed by atoms with Gasteiger partial charge in [-0.3, -0.25) is 4.98 Å². The van der Waals surface area contributed by atoms with Crippen LogP contribution in [0.1, 0.15) is 34.5 Å². The summed E-state index contributed by atoms with van der Waals surface area (Å²) >= 11 is 1.47. The second-order valence-electron chi connectivity index (χ2n) is 4.28. The molecule has 2 atom stereocenters. The zero-order valence-corrected chi connectivity index (χ0v) is 10.4. The van der Waals surface area contributed by atoms with Gasteiger partial charge in [0, 0.05) is 17.8 Å². The maximum atomic E-state index is 4.54. The van der Waals surface area contributed by atoms with Crippen molar-refractivity contribution in [1.29, 1.82) is 0 Å². The van der Waals surface area contributed by atoms with E-state index in [1.54, 1.807) is 0 Å². The first-order valence-corrected chi connectivity index (χ1v) is 6.56. The van der Waals surface area contributed by atoms with Crippen molar-refractivity contribution in [3.63, 3.8) is 0 Å². The minimum Gasteiger partial charge on any atom is -0.312 e. The van der Waals surface area contributed by atoms with Gasteiger partial charge in [0.1, 0.15) is 0 Å². The SMILES string of the molecule is CNC(c1cnns1)C1CCc2cccnc21. The smallest absolute Gasteiger partial charge is 0.0669 e. The van der Waals surface area contributed by atoms with Crippen LogP contribution in [0.2, 0.25) is 0 Å². The first-order valence-electron chi connectivity index (χ1n) is 5.78. The molecule has 17 heavy (non-hydrogen) atoms. The van der Waals surface area contributed by atoms with Gasteiger partial charge in [0.05, 0.1) is 17.1 Å². The van der Waals surface area contributed by atoms with E-state index >= 15 is 0 Å². The van der Waals surface area contributed by atoms with Gasteiger partial charge in [-0.1, -0.05) is 10.6 Å². The topological polar surface area (TPSA) is 50.7 Å². The highest BCUT2D eigenvalue weighted by molar-refractivity contribution is 7.05. The average molecular weight is 246 g/mol. The molecule has 0 fully saturated rings. The maximum absolute atomic E-state index is 4.54. The summed E-state index contributed by atoms with van der Waals surface area (Å²) in [4.78, 5) is 5.73. The van der Waals surface area contributed by atoms with Crippen LogP contribution >= 0.6 is 11.5 Å². The van der Waals surface area contributed by atoms with Crippen LogP contribution in [0.15, 0.2) is 24.5 Å². The number of nitrogens with zero attached hydrogens (tertiary/aromatic N) is 3. The molecule has 88 valence electrons. The predicted molar refractivity (Wildman–Crippen MR) is 67.0 cm³/mol. The molecule has 4 nitrogen and oxygen atoms in total. The molecule has 0 aliphatic heterocycles. The molecule has 0 saturated heterocycles. The molecule has 0 radical (unpaired) electrons. The van der Waals surface area contributed by atoms with Crippen molar-refractivity contribution in [2.75, 3.05) is 7.05 Å². The number of aryl methyl sites for hydroxylation is 1. The van der Waals surface area contributed by atoms with Gasteiger partial charge >= 0.3 is 0 Å². The van der Waals surface area contributed by atoms with E-state index in [2.05, 4.69) is 26.0 Å². The Hall–Kier alpha value is -1.33. The van der Waals surface area contributed by atoms with Crippen LogP contribution in [0.3, 0.4) is 0 Å². The Morgan fingerprint density at radius 3 is 3.24 bits per heavy atom. The number of fused-ring (bicyclic) bond motifs is 1. The normalized spacial score (nSPS) is 20.2. The third-order valence-electron chi connectivity index (χ3n) is 3.40. The Kier molecular flexibility index (Phi) is 2.86. The molecular formula is C12H14N4S. The molecular weight excluding hydrogens is 232 g/mol. The van der Waals surface area contributed by atoms with Gasteiger partial charge in [-0.05, 0) is 43.1 Å². The monoisotopic (exact) mass is 246 g/mol. The van der Waals surface area contributed by atoms with Gasteiger partial charge in [-0.15, -0.1) is 5.10 Å². The van der Waals surface area contributed by atoms with E-state index < -0.39 is 0 Å². The molecule has 2 aromatic rings. The maximum Gasteiger partial charge on any atom is 0.0669 e. The number of hydrogen-bond donors (Lipinski definition) is 1. The second-order valence-corrected chi connectivity index (χ2v) is 5.10. The van der Waals surface area contributed by atoms with Crippen molar-refractivity contribution in [2.24, 2.45) is 0 Å². The van der Waals surface area contributed by atoms with E-state index in [9.17, 15) is 0 Å². The first kappa shape index (κ1) is 10.8. The van der Waals surface area contributed by atoms with Gasteiger partial charge in [0.15, 0.2) is 0 Å². The summed E-state index contributed by atoms with van der Waals surface area (Å²) in [7, 11) is 1.99. The van der Waals surface area contributed by atoms with E-state index in [1.165, 1.54) is 27.7 Å². The Bertz CT molecular complexity index is 497. The number of likely N-dealkylation sites (N-methyl/N-ethyl adjacent to an activating group) is 1. The number of hydrogen-bond acceptors (Lipinski definition) is 5. The van der Waals surface area contributed by atoms with Crippen LogP contribution in [-0.4, -0.2) is 21.6 Å². The van der Waals surface area contributed by atoms with Crippen molar-refractivity contribution in [1.82, 2.24) is 19.9 Å². The fourth-order valence-corrected chi connectivity index (χ4v) is 3.30. The summed E-state index contributed by atoms with van der Waals surface area (Å²) in [5.41, 5.74) is 2.62.